The number of rotatable bonds is 6. The third-order valence-corrected chi connectivity index (χ3v) is 2.67. The zero-order valence-electron chi connectivity index (χ0n) is 9.85. The predicted molar refractivity (Wildman–Crippen MR) is 63.7 cm³/mol. The van der Waals surface area contributed by atoms with Crippen LogP contribution in [0, 0.1) is 20.2 Å². The van der Waals surface area contributed by atoms with Gasteiger partial charge in [-0.05, 0) is 24.1 Å². The average Bonchev–Trinajstić information content (AvgIpc) is 2.35. The van der Waals surface area contributed by atoms with Crippen LogP contribution in [0.4, 0.5) is 5.69 Å². The number of aliphatic hydroxyl groups excluding tert-OH is 1. The lowest BCUT2D eigenvalue weighted by Gasteiger charge is -2.15. The first-order valence-corrected chi connectivity index (χ1v) is 5.53. The molecule has 0 saturated carbocycles. The molecule has 1 aromatic carbocycles. The van der Waals surface area contributed by atoms with Crippen LogP contribution in [0.3, 0.4) is 0 Å². The Labute approximate surface area is 103 Å². The second-order valence-corrected chi connectivity index (χ2v) is 3.93. The van der Waals surface area contributed by atoms with E-state index in [1.165, 1.54) is 24.3 Å². The number of hydrogen-bond donors (Lipinski definition) is 1. The van der Waals surface area contributed by atoms with E-state index in [2.05, 4.69) is 0 Å². The summed E-state index contributed by atoms with van der Waals surface area (Å²) < 4.78 is 0. The second kappa shape index (κ2) is 6.06. The van der Waals surface area contributed by atoms with E-state index in [0.717, 1.165) is 0 Å². The summed E-state index contributed by atoms with van der Waals surface area (Å²) in [6.45, 7) is 1.79. The van der Waals surface area contributed by atoms with Gasteiger partial charge in [0.05, 0.1) is 4.92 Å². The van der Waals surface area contributed by atoms with Gasteiger partial charge in [-0.25, -0.2) is 0 Å². The Balaban J connectivity index is 2.91. The molecule has 0 bridgehead atoms. The molecule has 0 aromatic heterocycles. The van der Waals surface area contributed by atoms with Gasteiger partial charge in [0.25, 0.3) is 5.69 Å². The standard InChI is InChI=1S/C11H14N2O5/c1-2-3-10(13(17)18)11(14)8-4-6-9(7-5-8)12(15)16/h4-7,10-11,14H,2-3H2,1H3/t10-,11+/m0/s1. The first kappa shape index (κ1) is 14.0. The smallest absolute Gasteiger partial charge is 0.269 e. The Morgan fingerprint density at radius 2 is 1.78 bits per heavy atom. The average molecular weight is 254 g/mol. The maximum absolute atomic E-state index is 10.8. The van der Waals surface area contributed by atoms with Crippen molar-refractivity contribution < 1.29 is 15.0 Å². The lowest BCUT2D eigenvalue weighted by atomic mass is 9.99. The minimum Gasteiger partial charge on any atom is -0.381 e. The minimum absolute atomic E-state index is 0.112. The molecule has 98 valence electrons. The molecule has 1 rings (SSSR count). The molecule has 1 N–H and O–H groups in total. The van der Waals surface area contributed by atoms with Crippen molar-refractivity contribution >= 4 is 5.69 Å². The summed E-state index contributed by atoms with van der Waals surface area (Å²) in [7, 11) is 0. The normalized spacial score (nSPS) is 13.9. The summed E-state index contributed by atoms with van der Waals surface area (Å²) in [4.78, 5) is 20.2. The molecule has 7 heteroatoms. The van der Waals surface area contributed by atoms with Crippen molar-refractivity contribution in [2.24, 2.45) is 0 Å². The monoisotopic (exact) mass is 254 g/mol. The first-order valence-electron chi connectivity index (χ1n) is 5.53. The van der Waals surface area contributed by atoms with E-state index in [1.54, 1.807) is 6.92 Å². The van der Waals surface area contributed by atoms with Crippen molar-refractivity contribution in [1.82, 2.24) is 0 Å². The van der Waals surface area contributed by atoms with Gasteiger partial charge in [-0.3, -0.25) is 20.2 Å². The molecule has 0 unspecified atom stereocenters. The summed E-state index contributed by atoms with van der Waals surface area (Å²) in [5.74, 6) is 0. The largest absolute Gasteiger partial charge is 0.381 e. The Bertz CT molecular complexity index is 432. The number of non-ortho nitro benzene ring substituents is 1. The van der Waals surface area contributed by atoms with Crippen molar-refractivity contribution in [3.8, 4) is 0 Å². The molecule has 0 aliphatic rings. The van der Waals surface area contributed by atoms with Crippen molar-refractivity contribution in [3.63, 3.8) is 0 Å². The van der Waals surface area contributed by atoms with Gasteiger partial charge in [-0.1, -0.05) is 6.92 Å². The van der Waals surface area contributed by atoms with Crippen LogP contribution < -0.4 is 0 Å². The fourth-order valence-electron chi connectivity index (χ4n) is 1.69. The maximum atomic E-state index is 10.8. The molecule has 0 saturated heterocycles. The highest BCUT2D eigenvalue weighted by atomic mass is 16.6. The summed E-state index contributed by atoms with van der Waals surface area (Å²) in [5.41, 5.74) is 0.204. The van der Waals surface area contributed by atoms with E-state index in [0.29, 0.717) is 12.0 Å². The summed E-state index contributed by atoms with van der Waals surface area (Å²) in [6.07, 6.45) is -0.415. The molecule has 2 atom stereocenters. The Hall–Kier alpha value is -2.02. The third kappa shape index (κ3) is 3.24. The summed E-state index contributed by atoms with van der Waals surface area (Å²) >= 11 is 0. The van der Waals surface area contributed by atoms with Gasteiger partial charge in [0, 0.05) is 23.5 Å². The van der Waals surface area contributed by atoms with Gasteiger partial charge >= 0.3 is 0 Å². The van der Waals surface area contributed by atoms with Crippen molar-refractivity contribution in [3.05, 3.63) is 50.1 Å². The highest BCUT2D eigenvalue weighted by molar-refractivity contribution is 5.34. The molecule has 1 aromatic rings. The number of aliphatic hydroxyl groups is 1. The van der Waals surface area contributed by atoms with Crippen molar-refractivity contribution in [2.45, 2.75) is 31.9 Å². The van der Waals surface area contributed by atoms with Gasteiger partial charge in [-0.15, -0.1) is 0 Å². The number of nitro groups is 2. The van der Waals surface area contributed by atoms with Gasteiger partial charge in [0.1, 0.15) is 6.10 Å². The third-order valence-electron chi connectivity index (χ3n) is 2.67. The van der Waals surface area contributed by atoms with E-state index < -0.39 is 22.0 Å². The maximum Gasteiger partial charge on any atom is 0.269 e. The van der Waals surface area contributed by atoms with Gasteiger partial charge in [0.15, 0.2) is 0 Å². The van der Waals surface area contributed by atoms with Gasteiger partial charge in [0.2, 0.25) is 6.04 Å². The molecular formula is C11H14N2O5. The first-order chi connectivity index (χ1) is 8.47. The van der Waals surface area contributed by atoms with E-state index in [4.69, 9.17) is 0 Å². The SMILES string of the molecule is CCC[C@@H]([C@H](O)c1ccc([N+](=O)[O-])cc1)[N+](=O)[O-]. The van der Waals surface area contributed by atoms with Crippen molar-refractivity contribution in [2.75, 3.05) is 0 Å². The molecule has 7 nitrogen and oxygen atoms in total. The van der Waals surface area contributed by atoms with Crippen LogP contribution in [0.25, 0.3) is 0 Å². The van der Waals surface area contributed by atoms with Crippen LogP contribution in [0.5, 0.6) is 0 Å². The second-order valence-electron chi connectivity index (χ2n) is 3.93. The topological polar surface area (TPSA) is 107 Å². The van der Waals surface area contributed by atoms with Gasteiger partial charge in [-0.2, -0.15) is 0 Å². The molecule has 0 aliphatic heterocycles. The van der Waals surface area contributed by atoms with Crippen LogP contribution in [-0.2, 0) is 0 Å². The quantitative estimate of drug-likeness (QED) is 0.617. The fraction of sp³-hybridized carbons (Fsp3) is 0.455. The van der Waals surface area contributed by atoms with E-state index in [9.17, 15) is 25.3 Å². The van der Waals surface area contributed by atoms with Crippen molar-refractivity contribution in [1.29, 1.82) is 0 Å². The molecule has 0 heterocycles. The Morgan fingerprint density at radius 3 is 2.17 bits per heavy atom. The molecule has 0 amide bonds. The lowest BCUT2D eigenvalue weighted by Crippen LogP contribution is -2.27. The van der Waals surface area contributed by atoms with Crippen LogP contribution in [0.2, 0.25) is 0 Å². The van der Waals surface area contributed by atoms with E-state index >= 15 is 0 Å². The number of hydrogen-bond acceptors (Lipinski definition) is 5. The van der Waals surface area contributed by atoms with Gasteiger partial charge < -0.3 is 5.11 Å². The highest BCUT2D eigenvalue weighted by Crippen LogP contribution is 2.24. The van der Waals surface area contributed by atoms with Crippen LogP contribution in [-0.4, -0.2) is 21.0 Å². The lowest BCUT2D eigenvalue weighted by molar-refractivity contribution is -0.536. The van der Waals surface area contributed by atoms with Crippen LogP contribution >= 0.6 is 0 Å². The van der Waals surface area contributed by atoms with Crippen LogP contribution in [0.15, 0.2) is 24.3 Å². The zero-order chi connectivity index (χ0) is 13.7. The summed E-state index contributed by atoms with van der Waals surface area (Å²) in [6, 6.07) is 4.05. The molecule has 0 aliphatic carbocycles. The predicted octanol–water partition coefficient (Wildman–Crippen LogP) is 2.07. The van der Waals surface area contributed by atoms with E-state index in [1.807, 2.05) is 0 Å². The number of nitrogens with zero attached hydrogens (tertiary/aromatic N) is 2. The fourth-order valence-corrected chi connectivity index (χ4v) is 1.69. The highest BCUT2D eigenvalue weighted by Gasteiger charge is 2.30. The molecule has 18 heavy (non-hydrogen) atoms. The molecule has 0 radical (unpaired) electrons. The Morgan fingerprint density at radius 1 is 1.22 bits per heavy atom. The molecule has 0 spiro atoms. The number of nitro benzene ring substituents is 1. The van der Waals surface area contributed by atoms with Crippen LogP contribution in [0.1, 0.15) is 31.4 Å². The zero-order valence-corrected chi connectivity index (χ0v) is 9.85. The van der Waals surface area contributed by atoms with E-state index in [-0.39, 0.29) is 12.1 Å². The Kier molecular flexibility index (Phi) is 4.73. The molecular weight excluding hydrogens is 240 g/mol. The number of benzene rings is 1. The molecule has 0 fully saturated rings. The summed E-state index contributed by atoms with van der Waals surface area (Å²) in [5, 5.41) is 31.2. The minimum atomic E-state index is -1.25.